The van der Waals surface area contributed by atoms with E-state index in [2.05, 4.69) is 41.9 Å². The van der Waals surface area contributed by atoms with Gasteiger partial charge in [-0.3, -0.25) is 4.79 Å². The Labute approximate surface area is 119 Å². The fraction of sp³-hybridized carbons (Fsp3) is 0.533. The van der Waals surface area contributed by atoms with Crippen molar-refractivity contribution in [2.75, 3.05) is 13.6 Å². The van der Waals surface area contributed by atoms with Crippen LogP contribution in [0, 0.1) is 6.92 Å². The van der Waals surface area contributed by atoms with Crippen LogP contribution >= 0.6 is 15.9 Å². The van der Waals surface area contributed by atoms with Crippen LogP contribution in [0.4, 0.5) is 0 Å². The standard InChI is InChI=1S/C15H22BrNO/c1-12-6-4-5-7-14(12)8-9-15(18)17(3)11-10-13(2)16/h4-7,13H,8-11H2,1-3H3. The first-order valence-electron chi connectivity index (χ1n) is 6.43. The van der Waals surface area contributed by atoms with Gasteiger partial charge in [0.15, 0.2) is 0 Å². The lowest BCUT2D eigenvalue weighted by molar-refractivity contribution is -0.129. The highest BCUT2D eigenvalue weighted by atomic mass is 79.9. The predicted octanol–water partition coefficient (Wildman–Crippen LogP) is 3.56. The monoisotopic (exact) mass is 311 g/mol. The first-order chi connectivity index (χ1) is 8.50. The molecule has 0 radical (unpaired) electrons. The molecule has 3 heteroatoms. The molecule has 18 heavy (non-hydrogen) atoms. The molecule has 0 aliphatic carbocycles. The Kier molecular flexibility index (Phi) is 6.41. The van der Waals surface area contributed by atoms with E-state index in [1.807, 2.05) is 24.1 Å². The van der Waals surface area contributed by atoms with Gasteiger partial charge in [-0.05, 0) is 30.9 Å². The zero-order valence-electron chi connectivity index (χ0n) is 11.4. The van der Waals surface area contributed by atoms with Gasteiger partial charge in [0.25, 0.3) is 0 Å². The second-order valence-corrected chi connectivity index (χ2v) is 6.37. The summed E-state index contributed by atoms with van der Waals surface area (Å²) in [6.07, 6.45) is 2.42. The molecule has 2 nitrogen and oxygen atoms in total. The fourth-order valence-electron chi connectivity index (χ4n) is 1.82. The van der Waals surface area contributed by atoms with Gasteiger partial charge in [-0.25, -0.2) is 0 Å². The SMILES string of the molecule is Cc1ccccc1CCC(=O)N(C)CCC(C)Br. The smallest absolute Gasteiger partial charge is 0.222 e. The highest BCUT2D eigenvalue weighted by molar-refractivity contribution is 9.09. The number of amides is 1. The van der Waals surface area contributed by atoms with Crippen LogP contribution < -0.4 is 0 Å². The van der Waals surface area contributed by atoms with Crippen LogP contribution in [0.5, 0.6) is 0 Å². The highest BCUT2D eigenvalue weighted by Gasteiger charge is 2.10. The number of alkyl halides is 1. The molecule has 1 rings (SSSR count). The van der Waals surface area contributed by atoms with Gasteiger partial charge in [-0.1, -0.05) is 47.1 Å². The van der Waals surface area contributed by atoms with E-state index in [0.717, 1.165) is 19.4 Å². The maximum Gasteiger partial charge on any atom is 0.222 e. The van der Waals surface area contributed by atoms with Gasteiger partial charge < -0.3 is 4.90 Å². The molecule has 0 N–H and O–H groups in total. The van der Waals surface area contributed by atoms with Crippen molar-refractivity contribution >= 4 is 21.8 Å². The third kappa shape index (κ3) is 5.21. The van der Waals surface area contributed by atoms with Crippen molar-refractivity contribution in [2.45, 2.75) is 37.9 Å². The number of aryl methyl sites for hydroxylation is 2. The maximum absolute atomic E-state index is 12.0. The van der Waals surface area contributed by atoms with Gasteiger partial charge in [0, 0.05) is 24.8 Å². The zero-order chi connectivity index (χ0) is 13.5. The predicted molar refractivity (Wildman–Crippen MR) is 80.1 cm³/mol. The molecular weight excluding hydrogens is 290 g/mol. The van der Waals surface area contributed by atoms with E-state index in [1.54, 1.807) is 0 Å². The van der Waals surface area contributed by atoms with Crippen molar-refractivity contribution in [3.63, 3.8) is 0 Å². The lowest BCUT2D eigenvalue weighted by Crippen LogP contribution is -2.28. The summed E-state index contributed by atoms with van der Waals surface area (Å²) in [5.41, 5.74) is 2.54. The molecule has 0 fully saturated rings. The molecular formula is C15H22BrNO. The van der Waals surface area contributed by atoms with Crippen LogP contribution in [0.1, 0.15) is 30.9 Å². The summed E-state index contributed by atoms with van der Waals surface area (Å²) in [4.78, 5) is 14.2. The zero-order valence-corrected chi connectivity index (χ0v) is 13.0. The van der Waals surface area contributed by atoms with Crippen LogP contribution in [0.25, 0.3) is 0 Å². The van der Waals surface area contributed by atoms with E-state index in [1.165, 1.54) is 11.1 Å². The van der Waals surface area contributed by atoms with Gasteiger partial charge >= 0.3 is 0 Å². The molecule has 100 valence electrons. The molecule has 1 unspecified atom stereocenters. The molecule has 0 saturated carbocycles. The highest BCUT2D eigenvalue weighted by Crippen LogP contribution is 2.11. The van der Waals surface area contributed by atoms with Crippen LogP contribution in [0.2, 0.25) is 0 Å². The summed E-state index contributed by atoms with van der Waals surface area (Å²) in [6, 6.07) is 8.26. The largest absolute Gasteiger partial charge is 0.346 e. The topological polar surface area (TPSA) is 20.3 Å². The normalized spacial score (nSPS) is 12.2. The molecule has 0 spiro atoms. The van der Waals surface area contributed by atoms with Gasteiger partial charge in [0.1, 0.15) is 0 Å². The molecule has 1 amide bonds. The number of hydrogen-bond donors (Lipinski definition) is 0. The van der Waals surface area contributed by atoms with Crippen molar-refractivity contribution in [3.8, 4) is 0 Å². The third-order valence-electron chi connectivity index (χ3n) is 3.16. The van der Waals surface area contributed by atoms with Crippen molar-refractivity contribution in [2.24, 2.45) is 0 Å². The van der Waals surface area contributed by atoms with Crippen LogP contribution in [-0.4, -0.2) is 29.2 Å². The lowest BCUT2D eigenvalue weighted by atomic mass is 10.0. The van der Waals surface area contributed by atoms with Gasteiger partial charge in [0.05, 0.1) is 0 Å². The summed E-state index contributed by atoms with van der Waals surface area (Å²) in [6.45, 7) is 5.01. The summed E-state index contributed by atoms with van der Waals surface area (Å²) in [7, 11) is 1.88. The third-order valence-corrected chi connectivity index (χ3v) is 3.62. The van der Waals surface area contributed by atoms with Crippen molar-refractivity contribution in [3.05, 3.63) is 35.4 Å². The summed E-state index contributed by atoms with van der Waals surface area (Å²) >= 11 is 3.50. The molecule has 0 saturated heterocycles. The van der Waals surface area contributed by atoms with E-state index in [0.29, 0.717) is 11.2 Å². The Bertz CT molecular complexity index is 390. The lowest BCUT2D eigenvalue weighted by Gasteiger charge is -2.18. The number of carbonyl (C=O) groups excluding carboxylic acids is 1. The first kappa shape index (κ1) is 15.2. The molecule has 1 aromatic rings. The molecule has 1 atom stereocenters. The first-order valence-corrected chi connectivity index (χ1v) is 7.35. The molecule has 0 aliphatic rings. The van der Waals surface area contributed by atoms with Crippen LogP contribution in [0.3, 0.4) is 0 Å². The summed E-state index contributed by atoms with van der Waals surface area (Å²) in [5, 5.41) is 0. The summed E-state index contributed by atoms with van der Waals surface area (Å²) < 4.78 is 0. The van der Waals surface area contributed by atoms with E-state index in [-0.39, 0.29) is 5.91 Å². The van der Waals surface area contributed by atoms with Crippen molar-refractivity contribution in [1.29, 1.82) is 0 Å². The molecule has 0 bridgehead atoms. The van der Waals surface area contributed by atoms with E-state index in [4.69, 9.17) is 0 Å². The van der Waals surface area contributed by atoms with Gasteiger partial charge in [0.2, 0.25) is 5.91 Å². The number of hydrogen-bond acceptors (Lipinski definition) is 1. The molecule has 0 heterocycles. The van der Waals surface area contributed by atoms with Crippen LogP contribution in [0.15, 0.2) is 24.3 Å². The average molecular weight is 312 g/mol. The Morgan fingerprint density at radius 1 is 1.39 bits per heavy atom. The van der Waals surface area contributed by atoms with E-state index >= 15 is 0 Å². The Balaban J connectivity index is 2.39. The van der Waals surface area contributed by atoms with Crippen LogP contribution in [-0.2, 0) is 11.2 Å². The second-order valence-electron chi connectivity index (χ2n) is 4.81. The van der Waals surface area contributed by atoms with E-state index < -0.39 is 0 Å². The van der Waals surface area contributed by atoms with Gasteiger partial charge in [-0.2, -0.15) is 0 Å². The Morgan fingerprint density at radius 2 is 2.06 bits per heavy atom. The Morgan fingerprint density at radius 3 is 2.67 bits per heavy atom. The maximum atomic E-state index is 12.0. The minimum absolute atomic E-state index is 0.228. The van der Waals surface area contributed by atoms with Gasteiger partial charge in [-0.15, -0.1) is 0 Å². The fourth-order valence-corrected chi connectivity index (χ4v) is 2.02. The van der Waals surface area contributed by atoms with Crippen molar-refractivity contribution in [1.82, 2.24) is 4.90 Å². The Hall–Kier alpha value is -0.830. The minimum Gasteiger partial charge on any atom is -0.346 e. The number of nitrogens with zero attached hydrogens (tertiary/aromatic N) is 1. The number of rotatable bonds is 6. The summed E-state index contributed by atoms with van der Waals surface area (Å²) in [5.74, 6) is 0.228. The molecule has 0 aliphatic heterocycles. The number of carbonyl (C=O) groups is 1. The number of halogens is 1. The number of benzene rings is 1. The molecule has 1 aromatic carbocycles. The quantitative estimate of drug-likeness (QED) is 0.736. The van der Waals surface area contributed by atoms with E-state index in [9.17, 15) is 4.79 Å². The molecule has 0 aromatic heterocycles. The average Bonchev–Trinajstić information content (AvgIpc) is 2.34. The van der Waals surface area contributed by atoms with Crippen molar-refractivity contribution < 1.29 is 4.79 Å². The minimum atomic E-state index is 0.228. The second kappa shape index (κ2) is 7.57.